The van der Waals surface area contributed by atoms with Gasteiger partial charge in [0.2, 0.25) is 5.91 Å². The molecule has 4 heterocycles. The third kappa shape index (κ3) is 4.87. The molecular formula is C27H35FN6O3. The number of hydrogen-bond donors (Lipinski definition) is 2. The number of carbonyl (C=O) groups is 2. The van der Waals surface area contributed by atoms with Crippen molar-refractivity contribution in [2.45, 2.75) is 51.1 Å². The molecule has 2 aromatic rings. The average molecular weight is 511 g/mol. The number of hydrazine groups is 1. The lowest BCUT2D eigenvalue weighted by Crippen LogP contribution is -2.54. The highest BCUT2D eigenvalue weighted by molar-refractivity contribution is 5.94. The second-order valence-corrected chi connectivity index (χ2v) is 10.2. The molecule has 0 bridgehead atoms. The molecule has 3 fully saturated rings. The van der Waals surface area contributed by atoms with Crippen LogP contribution in [0, 0.1) is 5.82 Å². The highest BCUT2D eigenvalue weighted by Gasteiger charge is 2.51. The van der Waals surface area contributed by atoms with Crippen molar-refractivity contribution >= 4 is 17.8 Å². The number of ether oxygens (including phenoxy) is 1. The summed E-state index contributed by atoms with van der Waals surface area (Å²) in [6.07, 6.45) is 2.08. The van der Waals surface area contributed by atoms with Gasteiger partial charge in [0.15, 0.2) is 0 Å². The van der Waals surface area contributed by atoms with Gasteiger partial charge in [-0.15, -0.1) is 0 Å². The second-order valence-electron chi connectivity index (χ2n) is 10.2. The molecule has 10 heteroatoms. The molecule has 3 saturated heterocycles. The fourth-order valence-corrected chi connectivity index (χ4v) is 5.88. The quantitative estimate of drug-likeness (QED) is 0.621. The topological polar surface area (TPSA) is 90.0 Å². The Hall–Kier alpha value is -3.24. The van der Waals surface area contributed by atoms with Gasteiger partial charge in [0.1, 0.15) is 17.4 Å². The van der Waals surface area contributed by atoms with E-state index in [0.717, 1.165) is 25.2 Å². The standard InChI is InChI=1S/C27H35FN6O3/c1-4-24-23(20-14-29-30-15-20)5-6-25(31-24)33-17-27(7-9-32(10-8-27)18(2)35)34(26(33)36)16-19-11-21(28)13-22(12-19)37-3/h5-6,11-13,20,29-30H,4,7-10,14-17H2,1-3H3. The number of urea groups is 1. The number of methoxy groups -OCH3 is 1. The smallest absolute Gasteiger partial charge is 0.326 e. The Morgan fingerprint density at radius 1 is 1.19 bits per heavy atom. The van der Waals surface area contributed by atoms with Crippen LogP contribution < -0.4 is 20.5 Å². The van der Waals surface area contributed by atoms with Gasteiger partial charge in [-0.2, -0.15) is 0 Å². The molecule has 5 rings (SSSR count). The van der Waals surface area contributed by atoms with Crippen LogP contribution in [-0.2, 0) is 17.8 Å². The number of nitrogens with one attached hydrogen (secondary N) is 2. The molecule has 1 aromatic carbocycles. The number of rotatable bonds is 6. The van der Waals surface area contributed by atoms with Gasteiger partial charge in [-0.05, 0) is 48.6 Å². The fourth-order valence-electron chi connectivity index (χ4n) is 5.88. The minimum Gasteiger partial charge on any atom is -0.497 e. The van der Waals surface area contributed by atoms with Gasteiger partial charge in [0, 0.05) is 57.3 Å². The number of piperidine rings is 1. The SMILES string of the molecule is CCc1nc(N2CC3(CCN(C(C)=O)CC3)N(Cc3cc(F)cc(OC)c3)C2=O)ccc1C1CNNC1. The number of likely N-dealkylation sites (tertiary alicyclic amines) is 1. The van der Waals surface area contributed by atoms with Crippen LogP contribution >= 0.6 is 0 Å². The number of anilines is 1. The number of carbonyl (C=O) groups excluding carboxylic acids is 2. The van der Waals surface area contributed by atoms with Crippen molar-refractivity contribution in [3.8, 4) is 5.75 Å². The Balaban J connectivity index is 1.47. The minimum atomic E-state index is -0.478. The number of nitrogens with zero attached hydrogens (tertiary/aromatic N) is 4. The number of hydrogen-bond acceptors (Lipinski definition) is 6. The Labute approximate surface area is 216 Å². The average Bonchev–Trinajstić information content (AvgIpc) is 3.52. The third-order valence-electron chi connectivity index (χ3n) is 8.00. The van der Waals surface area contributed by atoms with E-state index in [-0.39, 0.29) is 18.5 Å². The van der Waals surface area contributed by atoms with Crippen LogP contribution in [0.25, 0.3) is 0 Å². The van der Waals surface area contributed by atoms with Crippen molar-refractivity contribution in [2.75, 3.05) is 44.7 Å². The molecule has 0 unspecified atom stereocenters. The Bertz CT molecular complexity index is 1180. The Morgan fingerprint density at radius 3 is 2.57 bits per heavy atom. The summed E-state index contributed by atoms with van der Waals surface area (Å²) in [6, 6.07) is 8.43. The lowest BCUT2D eigenvalue weighted by Gasteiger charge is -2.43. The third-order valence-corrected chi connectivity index (χ3v) is 8.00. The van der Waals surface area contributed by atoms with Gasteiger partial charge in [0.25, 0.3) is 0 Å². The maximum atomic E-state index is 14.3. The van der Waals surface area contributed by atoms with Crippen LogP contribution in [0.1, 0.15) is 49.4 Å². The number of amides is 3. The number of benzene rings is 1. The summed E-state index contributed by atoms with van der Waals surface area (Å²) >= 11 is 0. The van der Waals surface area contributed by atoms with E-state index in [2.05, 4.69) is 23.8 Å². The highest BCUT2D eigenvalue weighted by atomic mass is 19.1. The Morgan fingerprint density at radius 2 is 1.92 bits per heavy atom. The monoisotopic (exact) mass is 510 g/mol. The molecule has 198 valence electrons. The summed E-state index contributed by atoms with van der Waals surface area (Å²) in [7, 11) is 1.50. The first-order valence-corrected chi connectivity index (χ1v) is 13.0. The van der Waals surface area contributed by atoms with E-state index in [1.165, 1.54) is 24.8 Å². The second kappa shape index (κ2) is 10.3. The predicted octanol–water partition coefficient (Wildman–Crippen LogP) is 2.81. The zero-order chi connectivity index (χ0) is 26.2. The van der Waals surface area contributed by atoms with Gasteiger partial charge in [-0.1, -0.05) is 13.0 Å². The summed E-state index contributed by atoms with van der Waals surface area (Å²) in [4.78, 5) is 36.4. The molecular weight excluding hydrogens is 475 g/mol. The first-order chi connectivity index (χ1) is 17.8. The van der Waals surface area contributed by atoms with Gasteiger partial charge in [-0.3, -0.25) is 20.5 Å². The molecule has 3 amide bonds. The molecule has 9 nitrogen and oxygen atoms in total. The van der Waals surface area contributed by atoms with Crippen molar-refractivity contribution in [3.05, 3.63) is 53.0 Å². The van der Waals surface area contributed by atoms with Crippen molar-refractivity contribution in [1.82, 2.24) is 25.6 Å². The van der Waals surface area contributed by atoms with E-state index >= 15 is 0 Å². The van der Waals surface area contributed by atoms with Gasteiger partial charge < -0.3 is 14.5 Å². The molecule has 0 aliphatic carbocycles. The lowest BCUT2D eigenvalue weighted by atomic mass is 9.86. The van der Waals surface area contributed by atoms with Gasteiger partial charge in [0.05, 0.1) is 19.2 Å². The number of halogens is 1. The van der Waals surface area contributed by atoms with Crippen LogP contribution in [0.4, 0.5) is 15.0 Å². The first kappa shape index (κ1) is 25.4. The van der Waals surface area contributed by atoms with Crippen LogP contribution in [-0.4, -0.2) is 72.1 Å². The normalized spacial score (nSPS) is 19.8. The zero-order valence-corrected chi connectivity index (χ0v) is 21.7. The maximum absolute atomic E-state index is 14.3. The summed E-state index contributed by atoms with van der Waals surface area (Å²) in [5.74, 6) is 1.03. The first-order valence-electron chi connectivity index (χ1n) is 13.0. The fraction of sp³-hybridized carbons (Fsp3) is 0.519. The molecule has 0 radical (unpaired) electrons. The molecule has 3 aliphatic rings. The number of aryl methyl sites for hydroxylation is 1. The Kier molecular flexibility index (Phi) is 7.04. The van der Waals surface area contributed by atoms with E-state index in [1.54, 1.807) is 17.9 Å². The van der Waals surface area contributed by atoms with Gasteiger partial charge >= 0.3 is 6.03 Å². The van der Waals surface area contributed by atoms with E-state index in [1.807, 2.05) is 15.9 Å². The predicted molar refractivity (Wildman–Crippen MR) is 138 cm³/mol. The molecule has 0 atom stereocenters. The van der Waals surface area contributed by atoms with Crippen LogP contribution in [0.15, 0.2) is 30.3 Å². The molecule has 37 heavy (non-hydrogen) atoms. The summed E-state index contributed by atoms with van der Waals surface area (Å²) in [5, 5.41) is 0. The van der Waals surface area contributed by atoms with E-state index < -0.39 is 11.4 Å². The lowest BCUT2D eigenvalue weighted by molar-refractivity contribution is -0.131. The van der Waals surface area contributed by atoms with Crippen LogP contribution in [0.2, 0.25) is 0 Å². The molecule has 3 aliphatic heterocycles. The zero-order valence-electron chi connectivity index (χ0n) is 21.7. The molecule has 1 aromatic heterocycles. The number of pyridine rings is 1. The minimum absolute atomic E-state index is 0.0400. The van der Waals surface area contributed by atoms with Crippen molar-refractivity contribution in [1.29, 1.82) is 0 Å². The van der Waals surface area contributed by atoms with Crippen LogP contribution in [0.5, 0.6) is 5.75 Å². The summed E-state index contributed by atoms with van der Waals surface area (Å²) < 4.78 is 19.6. The molecule has 0 saturated carbocycles. The van der Waals surface area contributed by atoms with Crippen LogP contribution in [0.3, 0.4) is 0 Å². The van der Waals surface area contributed by atoms with Crippen molar-refractivity contribution in [3.63, 3.8) is 0 Å². The molecule has 1 spiro atoms. The van der Waals surface area contributed by atoms with E-state index in [9.17, 15) is 14.0 Å². The largest absolute Gasteiger partial charge is 0.497 e. The van der Waals surface area contributed by atoms with Crippen molar-refractivity contribution in [2.24, 2.45) is 0 Å². The molecule has 2 N–H and O–H groups in total. The van der Waals surface area contributed by atoms with Crippen molar-refractivity contribution < 1.29 is 18.7 Å². The van der Waals surface area contributed by atoms with E-state index in [0.29, 0.717) is 55.5 Å². The summed E-state index contributed by atoms with van der Waals surface area (Å²) in [6.45, 7) is 7.23. The summed E-state index contributed by atoms with van der Waals surface area (Å²) in [5.41, 5.74) is 8.74. The van der Waals surface area contributed by atoms with Gasteiger partial charge in [-0.25, -0.2) is 14.2 Å². The maximum Gasteiger partial charge on any atom is 0.326 e. The van der Waals surface area contributed by atoms with E-state index in [4.69, 9.17) is 9.72 Å². The number of aromatic nitrogens is 1. The highest BCUT2D eigenvalue weighted by Crippen LogP contribution is 2.39.